The van der Waals surface area contributed by atoms with Gasteiger partial charge in [0.1, 0.15) is 5.75 Å². The van der Waals surface area contributed by atoms with Crippen molar-refractivity contribution in [3.8, 4) is 5.75 Å². The van der Waals surface area contributed by atoms with Crippen LogP contribution in [-0.2, 0) is 4.74 Å². The summed E-state index contributed by atoms with van der Waals surface area (Å²) in [5, 5.41) is 3.69. The van der Waals surface area contributed by atoms with Crippen molar-refractivity contribution in [3.05, 3.63) is 52.8 Å². The summed E-state index contributed by atoms with van der Waals surface area (Å²) in [5.74, 6) is 2.09. The van der Waals surface area contributed by atoms with Crippen LogP contribution in [0.4, 0.5) is 0 Å². The molecule has 4 nitrogen and oxygen atoms in total. The minimum absolute atomic E-state index is 0.0344. The Kier molecular flexibility index (Phi) is 4.83. The predicted molar refractivity (Wildman–Crippen MR) is 98.9 cm³/mol. The van der Waals surface area contributed by atoms with Crippen molar-refractivity contribution < 1.29 is 14.3 Å². The number of carbonyl (C=O) groups is 1. The number of rotatable bonds is 5. The van der Waals surface area contributed by atoms with Gasteiger partial charge in [0.2, 0.25) is 0 Å². The monoisotopic (exact) mass is 361 g/mol. The number of hydrogen-bond donors (Lipinski definition) is 1. The second kappa shape index (κ2) is 6.75. The Bertz CT molecular complexity index is 738. The highest BCUT2D eigenvalue weighted by Crippen LogP contribution is 2.58. The Morgan fingerprint density at radius 3 is 2.72 bits per heavy atom. The lowest BCUT2D eigenvalue weighted by molar-refractivity contribution is 0.0941. The van der Waals surface area contributed by atoms with Crippen LogP contribution in [0.1, 0.15) is 30.6 Å². The molecule has 1 unspecified atom stereocenters. The van der Waals surface area contributed by atoms with Crippen molar-refractivity contribution in [2.45, 2.75) is 26.3 Å². The molecule has 0 spiro atoms. The number of allylic oxidation sites excluding steroid dienone is 4. The summed E-state index contributed by atoms with van der Waals surface area (Å²) in [5.41, 5.74) is 0.500. The maximum atomic E-state index is 12.8. The van der Waals surface area contributed by atoms with Crippen LogP contribution in [0.2, 0.25) is 5.02 Å². The standard InChI is InChI=1S/C20H24ClNO3/c1-20(2)17(12-6-5-7-14(10-12)24-3)18(20)22-19(23)15-11-13(21)8-9-16(15)25-4/h5-9,11-12,17-18H,10H2,1-4H3,(H,22,23)/t12?,17-,18-/m0/s1. The maximum Gasteiger partial charge on any atom is 0.255 e. The van der Waals surface area contributed by atoms with E-state index in [9.17, 15) is 4.79 Å². The topological polar surface area (TPSA) is 47.6 Å². The van der Waals surface area contributed by atoms with E-state index in [2.05, 4.69) is 25.2 Å². The summed E-state index contributed by atoms with van der Waals surface area (Å²) in [6.07, 6.45) is 7.12. The van der Waals surface area contributed by atoms with E-state index >= 15 is 0 Å². The van der Waals surface area contributed by atoms with Crippen LogP contribution < -0.4 is 10.1 Å². The molecule has 3 rings (SSSR count). The zero-order valence-corrected chi connectivity index (χ0v) is 15.8. The Morgan fingerprint density at radius 1 is 1.28 bits per heavy atom. The van der Waals surface area contributed by atoms with Gasteiger partial charge in [0.25, 0.3) is 5.91 Å². The quantitative estimate of drug-likeness (QED) is 0.854. The van der Waals surface area contributed by atoms with Crippen molar-refractivity contribution in [2.24, 2.45) is 17.3 Å². The first-order valence-electron chi connectivity index (χ1n) is 8.44. The highest BCUT2D eigenvalue weighted by molar-refractivity contribution is 6.31. The second-order valence-corrected chi connectivity index (χ2v) is 7.67. The highest BCUT2D eigenvalue weighted by atomic mass is 35.5. The molecule has 0 heterocycles. The Labute approximate surface area is 153 Å². The molecule has 1 saturated carbocycles. The molecule has 1 aromatic rings. The molecular formula is C20H24ClNO3. The number of halogens is 1. The lowest BCUT2D eigenvalue weighted by Gasteiger charge is -2.18. The molecular weight excluding hydrogens is 338 g/mol. The van der Waals surface area contributed by atoms with Gasteiger partial charge in [0, 0.05) is 17.5 Å². The molecule has 1 fully saturated rings. The van der Waals surface area contributed by atoms with Crippen LogP contribution in [0, 0.1) is 17.3 Å². The SMILES string of the molecule is COC1=CC=CC([C@H]2[C@H](NC(=O)c3cc(Cl)ccc3OC)C2(C)C)C1. The normalized spacial score (nSPS) is 26.6. The van der Waals surface area contributed by atoms with E-state index < -0.39 is 0 Å². The van der Waals surface area contributed by atoms with E-state index in [1.54, 1.807) is 32.4 Å². The molecule has 0 radical (unpaired) electrons. The first-order chi connectivity index (χ1) is 11.9. The molecule has 2 aliphatic carbocycles. The van der Waals surface area contributed by atoms with Crippen LogP contribution in [0.15, 0.2) is 42.2 Å². The fourth-order valence-electron chi connectivity index (χ4n) is 3.90. The lowest BCUT2D eigenvalue weighted by atomic mass is 9.90. The number of amides is 1. The molecule has 0 aromatic heterocycles. The van der Waals surface area contributed by atoms with Gasteiger partial charge in [-0.2, -0.15) is 0 Å². The van der Waals surface area contributed by atoms with Gasteiger partial charge in [-0.05, 0) is 41.5 Å². The van der Waals surface area contributed by atoms with Gasteiger partial charge in [0.15, 0.2) is 0 Å². The number of methoxy groups -OCH3 is 2. The van der Waals surface area contributed by atoms with Gasteiger partial charge in [-0.25, -0.2) is 0 Å². The lowest BCUT2D eigenvalue weighted by Crippen LogP contribution is -2.30. The van der Waals surface area contributed by atoms with Crippen molar-refractivity contribution in [2.75, 3.05) is 14.2 Å². The number of nitrogens with one attached hydrogen (secondary N) is 1. The van der Waals surface area contributed by atoms with Gasteiger partial charge >= 0.3 is 0 Å². The number of carbonyl (C=O) groups excluding carboxylic acids is 1. The Balaban J connectivity index is 1.73. The second-order valence-electron chi connectivity index (χ2n) is 7.23. The maximum absolute atomic E-state index is 12.8. The molecule has 1 N–H and O–H groups in total. The Morgan fingerprint density at radius 2 is 2.04 bits per heavy atom. The van der Waals surface area contributed by atoms with E-state index in [0.29, 0.717) is 28.2 Å². The summed E-state index contributed by atoms with van der Waals surface area (Å²) >= 11 is 6.04. The molecule has 0 saturated heterocycles. The average Bonchev–Trinajstić information content (AvgIpc) is 3.14. The first-order valence-corrected chi connectivity index (χ1v) is 8.82. The molecule has 3 atom stereocenters. The van der Waals surface area contributed by atoms with Crippen molar-refractivity contribution >= 4 is 17.5 Å². The van der Waals surface area contributed by atoms with E-state index in [-0.39, 0.29) is 17.4 Å². The zero-order valence-electron chi connectivity index (χ0n) is 15.0. The van der Waals surface area contributed by atoms with E-state index in [4.69, 9.17) is 21.1 Å². The van der Waals surface area contributed by atoms with E-state index in [1.165, 1.54) is 0 Å². The summed E-state index contributed by atoms with van der Waals surface area (Å²) in [6.45, 7) is 4.38. The number of benzene rings is 1. The van der Waals surface area contributed by atoms with Gasteiger partial charge in [-0.1, -0.05) is 37.6 Å². The van der Waals surface area contributed by atoms with E-state index in [0.717, 1.165) is 12.2 Å². The van der Waals surface area contributed by atoms with Gasteiger partial charge in [0.05, 0.1) is 25.5 Å². The van der Waals surface area contributed by atoms with Crippen molar-refractivity contribution in [1.29, 1.82) is 0 Å². The molecule has 25 heavy (non-hydrogen) atoms. The Hall–Kier alpha value is -1.94. The predicted octanol–water partition coefficient (Wildman–Crippen LogP) is 4.21. The van der Waals surface area contributed by atoms with Crippen LogP contribution >= 0.6 is 11.6 Å². The van der Waals surface area contributed by atoms with Crippen LogP contribution in [0.3, 0.4) is 0 Å². The smallest absolute Gasteiger partial charge is 0.255 e. The van der Waals surface area contributed by atoms with Crippen molar-refractivity contribution in [1.82, 2.24) is 5.32 Å². The molecule has 0 bridgehead atoms. The largest absolute Gasteiger partial charge is 0.501 e. The molecule has 0 aliphatic heterocycles. The highest BCUT2D eigenvalue weighted by Gasteiger charge is 2.61. The van der Waals surface area contributed by atoms with Gasteiger partial charge in [-0.15, -0.1) is 0 Å². The number of hydrogen-bond acceptors (Lipinski definition) is 3. The fourth-order valence-corrected chi connectivity index (χ4v) is 4.07. The summed E-state index contributed by atoms with van der Waals surface area (Å²) in [4.78, 5) is 12.8. The summed E-state index contributed by atoms with van der Waals surface area (Å²) in [6, 6.07) is 5.18. The van der Waals surface area contributed by atoms with Gasteiger partial charge in [-0.3, -0.25) is 4.79 Å². The third kappa shape index (κ3) is 3.40. The molecule has 134 valence electrons. The molecule has 1 amide bonds. The van der Waals surface area contributed by atoms with Crippen LogP contribution in [0.5, 0.6) is 5.75 Å². The number of ether oxygens (including phenoxy) is 2. The summed E-state index contributed by atoms with van der Waals surface area (Å²) in [7, 11) is 3.25. The van der Waals surface area contributed by atoms with Gasteiger partial charge < -0.3 is 14.8 Å². The third-order valence-electron chi connectivity index (χ3n) is 5.40. The minimum Gasteiger partial charge on any atom is -0.501 e. The third-order valence-corrected chi connectivity index (χ3v) is 5.64. The van der Waals surface area contributed by atoms with Crippen molar-refractivity contribution in [3.63, 3.8) is 0 Å². The molecule has 5 heteroatoms. The fraction of sp³-hybridized carbons (Fsp3) is 0.450. The summed E-state index contributed by atoms with van der Waals surface area (Å²) < 4.78 is 10.7. The first kappa shape index (κ1) is 17.9. The molecule has 2 aliphatic rings. The van der Waals surface area contributed by atoms with Crippen LogP contribution in [-0.4, -0.2) is 26.2 Å². The average molecular weight is 362 g/mol. The minimum atomic E-state index is -0.151. The zero-order chi connectivity index (χ0) is 18.2. The molecule has 1 aromatic carbocycles. The van der Waals surface area contributed by atoms with Crippen LogP contribution in [0.25, 0.3) is 0 Å². The van der Waals surface area contributed by atoms with E-state index in [1.807, 2.05) is 12.2 Å².